The third-order valence-electron chi connectivity index (χ3n) is 6.67. The summed E-state index contributed by atoms with van der Waals surface area (Å²) in [5.74, 6) is -0.344. The van der Waals surface area contributed by atoms with Gasteiger partial charge in [-0.3, -0.25) is 5.10 Å². The van der Waals surface area contributed by atoms with Crippen LogP contribution in [0, 0.1) is 5.82 Å². The van der Waals surface area contributed by atoms with Gasteiger partial charge in [0.05, 0.1) is 24.6 Å². The van der Waals surface area contributed by atoms with Crippen LogP contribution >= 0.6 is 0 Å². The van der Waals surface area contributed by atoms with E-state index in [0.717, 1.165) is 42.8 Å². The quantitative estimate of drug-likeness (QED) is 0.345. The molecule has 4 N–H and O–H groups in total. The van der Waals surface area contributed by atoms with Gasteiger partial charge in [0, 0.05) is 42.0 Å². The molecule has 0 atom stereocenters. The average Bonchev–Trinajstić information content (AvgIpc) is 3.61. The predicted molar refractivity (Wildman–Crippen MR) is 126 cm³/mol. The van der Waals surface area contributed by atoms with Crippen molar-refractivity contribution in [2.75, 3.05) is 6.54 Å². The van der Waals surface area contributed by atoms with Gasteiger partial charge in [-0.05, 0) is 36.6 Å². The van der Waals surface area contributed by atoms with Crippen LogP contribution in [0.5, 0.6) is 0 Å². The molecule has 6 rings (SSSR count). The first-order valence-corrected chi connectivity index (χ1v) is 11.5. The Morgan fingerprint density at radius 1 is 1.12 bits per heavy atom. The van der Waals surface area contributed by atoms with Crippen molar-refractivity contribution in [3.63, 3.8) is 0 Å². The van der Waals surface area contributed by atoms with Crippen molar-refractivity contribution in [2.45, 2.75) is 44.3 Å². The highest BCUT2D eigenvalue weighted by Gasteiger charge is 2.28. The second kappa shape index (κ2) is 8.30. The van der Waals surface area contributed by atoms with Gasteiger partial charge < -0.3 is 15.5 Å². The average molecular weight is 460 g/mol. The number of hydrogen-bond donors (Lipinski definition) is 3. The fraction of sp³-hybridized carbons (Fsp3) is 0.333. The van der Waals surface area contributed by atoms with Crippen LogP contribution in [0.3, 0.4) is 0 Å². The molecule has 0 amide bonds. The minimum Gasteiger partial charge on any atom is -0.324 e. The first-order valence-electron chi connectivity index (χ1n) is 11.5. The van der Waals surface area contributed by atoms with Crippen LogP contribution in [0.1, 0.15) is 36.9 Å². The molecule has 1 saturated carbocycles. The molecule has 1 aromatic carbocycles. The summed E-state index contributed by atoms with van der Waals surface area (Å²) >= 11 is 0. The lowest BCUT2D eigenvalue weighted by molar-refractivity contribution is 0.404. The van der Waals surface area contributed by atoms with Crippen LogP contribution in [0.2, 0.25) is 0 Å². The van der Waals surface area contributed by atoms with Crippen LogP contribution in [0.15, 0.2) is 49.1 Å². The number of pyridine rings is 1. The van der Waals surface area contributed by atoms with Crippen molar-refractivity contribution in [3.8, 4) is 11.3 Å². The summed E-state index contributed by atoms with van der Waals surface area (Å²) in [5.41, 5.74) is 11.1. The number of rotatable bonds is 7. The summed E-state index contributed by atoms with van der Waals surface area (Å²) in [6.07, 6.45) is 12.2. The summed E-state index contributed by atoms with van der Waals surface area (Å²) in [7, 11) is 0. The molecule has 34 heavy (non-hydrogen) atoms. The molecule has 4 heterocycles. The van der Waals surface area contributed by atoms with Gasteiger partial charge >= 0.3 is 0 Å². The highest BCUT2D eigenvalue weighted by Crippen LogP contribution is 2.28. The van der Waals surface area contributed by atoms with E-state index in [1.54, 1.807) is 16.9 Å². The number of aromatic amines is 1. The van der Waals surface area contributed by atoms with E-state index in [-0.39, 0.29) is 11.4 Å². The molecule has 0 unspecified atom stereocenters. The van der Waals surface area contributed by atoms with Crippen molar-refractivity contribution >= 4 is 16.6 Å². The Bertz CT molecular complexity index is 1460. The molecule has 0 bridgehead atoms. The van der Waals surface area contributed by atoms with Crippen LogP contribution in [-0.4, -0.2) is 46.7 Å². The maximum atomic E-state index is 14.0. The molecular formula is C24H26FN9. The maximum absolute atomic E-state index is 14.0. The van der Waals surface area contributed by atoms with Crippen molar-refractivity contribution < 1.29 is 4.39 Å². The van der Waals surface area contributed by atoms with Crippen LogP contribution in [0.4, 0.5) is 4.39 Å². The van der Waals surface area contributed by atoms with E-state index < -0.39 is 0 Å². The Morgan fingerprint density at radius 3 is 2.88 bits per heavy atom. The maximum Gasteiger partial charge on any atom is 0.148 e. The van der Waals surface area contributed by atoms with Crippen molar-refractivity contribution in [3.05, 3.63) is 66.1 Å². The highest BCUT2D eigenvalue weighted by atomic mass is 19.1. The Labute approximate surface area is 195 Å². The fourth-order valence-electron chi connectivity index (χ4n) is 4.87. The predicted octanol–water partition coefficient (Wildman–Crippen LogP) is 3.02. The number of halogens is 1. The Kier molecular flexibility index (Phi) is 5.11. The van der Waals surface area contributed by atoms with Gasteiger partial charge in [-0.15, -0.1) is 5.10 Å². The zero-order chi connectivity index (χ0) is 23.1. The molecule has 1 fully saturated rings. The van der Waals surface area contributed by atoms with E-state index >= 15 is 0 Å². The highest BCUT2D eigenvalue weighted by molar-refractivity contribution is 5.93. The largest absolute Gasteiger partial charge is 0.324 e. The van der Waals surface area contributed by atoms with Crippen LogP contribution in [-0.2, 0) is 13.1 Å². The van der Waals surface area contributed by atoms with E-state index in [1.807, 2.05) is 22.9 Å². The number of hydrogen-bond acceptors (Lipinski definition) is 6. The molecule has 1 aliphatic carbocycles. The van der Waals surface area contributed by atoms with Crippen molar-refractivity contribution in [2.24, 2.45) is 5.73 Å². The molecule has 0 radical (unpaired) electrons. The Morgan fingerprint density at radius 2 is 2.00 bits per heavy atom. The molecule has 0 spiro atoms. The molecule has 9 nitrogen and oxygen atoms in total. The smallest absolute Gasteiger partial charge is 0.148 e. The molecule has 10 heteroatoms. The lowest BCUT2D eigenvalue weighted by Crippen LogP contribution is -2.46. The summed E-state index contributed by atoms with van der Waals surface area (Å²) < 4.78 is 17.7. The summed E-state index contributed by atoms with van der Waals surface area (Å²) in [5, 5.41) is 19.4. The zero-order valence-corrected chi connectivity index (χ0v) is 18.7. The van der Waals surface area contributed by atoms with Gasteiger partial charge in [-0.2, -0.15) is 5.10 Å². The third kappa shape index (κ3) is 3.95. The minimum absolute atomic E-state index is 0.0553. The lowest BCUT2D eigenvalue weighted by Gasteiger charge is -2.23. The zero-order valence-electron chi connectivity index (χ0n) is 18.7. The molecule has 174 valence electrons. The fourth-order valence-corrected chi connectivity index (χ4v) is 4.87. The number of nitrogens with two attached hydrogens (primary N) is 1. The van der Waals surface area contributed by atoms with Gasteiger partial charge in [0.1, 0.15) is 22.7 Å². The molecule has 4 aromatic heterocycles. The molecule has 0 aliphatic heterocycles. The number of imidazole rings is 1. The standard InChI is InChI=1S/C24H26FN9/c25-20-5-4-18(19-10-28-31-23(19)20)21-14-34(32-30-21)13-17-12-33-11-16(3-6-22(33)29-17)9-27-15-24(26)7-1-2-8-24/h3-6,10-12,14,27H,1-2,7-9,13,15,26H2,(H,28,31). The monoisotopic (exact) mass is 459 g/mol. The van der Waals surface area contributed by atoms with Gasteiger partial charge in [0.15, 0.2) is 0 Å². The Balaban J connectivity index is 1.16. The van der Waals surface area contributed by atoms with Crippen LogP contribution < -0.4 is 11.1 Å². The van der Waals surface area contributed by atoms with Crippen LogP contribution in [0.25, 0.3) is 27.8 Å². The number of fused-ring (bicyclic) bond motifs is 2. The minimum atomic E-state index is -0.344. The number of H-pyrrole nitrogens is 1. The third-order valence-corrected chi connectivity index (χ3v) is 6.67. The molecule has 0 saturated heterocycles. The molecular weight excluding hydrogens is 433 g/mol. The SMILES string of the molecule is NC1(CNCc2ccc3nc(Cn4cc(-c5ccc(F)c6[nH]ncc56)nn4)cn3c2)CCCC1. The topological polar surface area (TPSA) is 115 Å². The van der Waals surface area contributed by atoms with E-state index in [9.17, 15) is 4.39 Å². The molecule has 1 aliphatic rings. The van der Waals surface area contributed by atoms with Crippen molar-refractivity contribution in [1.29, 1.82) is 0 Å². The molecule has 5 aromatic rings. The van der Waals surface area contributed by atoms with Gasteiger partial charge in [-0.25, -0.2) is 14.1 Å². The number of nitrogens with one attached hydrogen (secondary N) is 2. The number of aromatic nitrogens is 7. The first-order chi connectivity index (χ1) is 16.6. The van der Waals surface area contributed by atoms with E-state index in [2.05, 4.69) is 38.1 Å². The normalized spacial score (nSPS) is 15.6. The Hall–Kier alpha value is -3.63. The van der Waals surface area contributed by atoms with E-state index in [4.69, 9.17) is 10.7 Å². The first kappa shape index (κ1) is 20.9. The summed E-state index contributed by atoms with van der Waals surface area (Å²) in [6.45, 7) is 2.09. The number of benzene rings is 1. The lowest BCUT2D eigenvalue weighted by atomic mass is 9.99. The second-order valence-corrected chi connectivity index (χ2v) is 9.26. The summed E-state index contributed by atoms with van der Waals surface area (Å²) in [4.78, 5) is 4.71. The van der Waals surface area contributed by atoms with E-state index in [0.29, 0.717) is 23.1 Å². The van der Waals surface area contributed by atoms with Crippen molar-refractivity contribution in [1.82, 2.24) is 39.9 Å². The van der Waals surface area contributed by atoms with Gasteiger partial charge in [0.25, 0.3) is 0 Å². The van der Waals surface area contributed by atoms with Gasteiger partial charge in [-0.1, -0.05) is 24.1 Å². The van der Waals surface area contributed by atoms with Gasteiger partial charge in [0.2, 0.25) is 0 Å². The van der Waals surface area contributed by atoms with E-state index in [1.165, 1.54) is 24.5 Å². The number of nitrogens with zero attached hydrogens (tertiary/aromatic N) is 6. The summed E-state index contributed by atoms with van der Waals surface area (Å²) in [6, 6.07) is 7.22. The second-order valence-electron chi connectivity index (χ2n) is 9.26.